The van der Waals surface area contributed by atoms with E-state index in [1.54, 1.807) is 25.6 Å². The number of furan rings is 1. The molecule has 0 saturated heterocycles. The van der Waals surface area contributed by atoms with Gasteiger partial charge in [-0.1, -0.05) is 18.2 Å². The van der Waals surface area contributed by atoms with Crippen LogP contribution in [0.1, 0.15) is 27.4 Å². The van der Waals surface area contributed by atoms with Gasteiger partial charge in [0.25, 0.3) is 5.91 Å². The van der Waals surface area contributed by atoms with Crippen LogP contribution >= 0.6 is 0 Å². The number of hydrogen-bond acceptors (Lipinski definition) is 4. The van der Waals surface area contributed by atoms with E-state index in [1.807, 2.05) is 54.0 Å². The predicted molar refractivity (Wildman–Crippen MR) is 106 cm³/mol. The van der Waals surface area contributed by atoms with Crippen molar-refractivity contribution in [3.8, 4) is 5.75 Å². The van der Waals surface area contributed by atoms with E-state index in [0.717, 1.165) is 28.2 Å². The molecule has 0 saturated carbocycles. The van der Waals surface area contributed by atoms with Crippen LogP contribution < -0.4 is 10.1 Å². The standard InChI is InChI=1S/C22H21N3O3/c1-15-9-19-21(28-15)11-20(22(26)24-13-17-6-4-8-23-12-17)25(19)14-16-5-3-7-18(10-16)27-2/h3-12H,13-14H2,1-2H3,(H,24,26). The van der Waals surface area contributed by atoms with E-state index in [1.165, 1.54) is 0 Å². The van der Waals surface area contributed by atoms with Crippen LogP contribution in [0.2, 0.25) is 0 Å². The molecule has 6 nitrogen and oxygen atoms in total. The molecule has 142 valence electrons. The molecule has 0 atom stereocenters. The third kappa shape index (κ3) is 3.62. The number of nitrogens with one attached hydrogen (secondary N) is 1. The average molecular weight is 375 g/mol. The van der Waals surface area contributed by atoms with Crippen molar-refractivity contribution in [2.45, 2.75) is 20.0 Å². The lowest BCUT2D eigenvalue weighted by Crippen LogP contribution is -2.25. The second-order valence-electron chi connectivity index (χ2n) is 6.62. The van der Waals surface area contributed by atoms with E-state index >= 15 is 0 Å². The van der Waals surface area contributed by atoms with Gasteiger partial charge in [-0.05, 0) is 36.2 Å². The number of amides is 1. The van der Waals surface area contributed by atoms with E-state index in [0.29, 0.717) is 24.4 Å². The highest BCUT2D eigenvalue weighted by Crippen LogP contribution is 2.25. The largest absolute Gasteiger partial charge is 0.497 e. The minimum absolute atomic E-state index is 0.157. The van der Waals surface area contributed by atoms with Crippen LogP contribution in [0.3, 0.4) is 0 Å². The van der Waals surface area contributed by atoms with Crippen molar-refractivity contribution in [2.24, 2.45) is 0 Å². The smallest absolute Gasteiger partial charge is 0.268 e. The first-order valence-electron chi connectivity index (χ1n) is 9.04. The van der Waals surface area contributed by atoms with Gasteiger partial charge >= 0.3 is 0 Å². The third-order valence-corrected chi connectivity index (χ3v) is 4.60. The maximum atomic E-state index is 12.9. The van der Waals surface area contributed by atoms with Gasteiger partial charge in [0.1, 0.15) is 17.2 Å². The molecule has 0 aliphatic rings. The molecule has 28 heavy (non-hydrogen) atoms. The van der Waals surface area contributed by atoms with Crippen molar-refractivity contribution in [3.05, 3.63) is 83.5 Å². The summed E-state index contributed by atoms with van der Waals surface area (Å²) in [6.45, 7) is 2.85. The van der Waals surface area contributed by atoms with Crippen molar-refractivity contribution in [3.63, 3.8) is 0 Å². The zero-order valence-corrected chi connectivity index (χ0v) is 15.8. The predicted octanol–water partition coefficient (Wildman–Crippen LogP) is 3.92. The summed E-state index contributed by atoms with van der Waals surface area (Å²) in [4.78, 5) is 17.0. The Labute approximate surface area is 162 Å². The summed E-state index contributed by atoms with van der Waals surface area (Å²) in [6, 6.07) is 15.3. The summed E-state index contributed by atoms with van der Waals surface area (Å²) in [6.07, 6.45) is 3.45. The molecule has 1 N–H and O–H groups in total. The molecule has 3 aromatic heterocycles. The number of methoxy groups -OCH3 is 1. The number of benzene rings is 1. The topological polar surface area (TPSA) is 69.3 Å². The minimum Gasteiger partial charge on any atom is -0.497 e. The summed E-state index contributed by atoms with van der Waals surface area (Å²) in [5, 5.41) is 2.96. The highest BCUT2D eigenvalue weighted by Gasteiger charge is 2.18. The van der Waals surface area contributed by atoms with Gasteiger partial charge in [-0.15, -0.1) is 0 Å². The van der Waals surface area contributed by atoms with Crippen LogP contribution in [0.15, 0.2) is 65.3 Å². The maximum absolute atomic E-state index is 12.9. The molecule has 6 heteroatoms. The lowest BCUT2D eigenvalue weighted by Gasteiger charge is -2.11. The molecule has 4 rings (SSSR count). The Kier molecular flexibility index (Phi) is 4.85. The number of aryl methyl sites for hydroxylation is 1. The fourth-order valence-corrected chi connectivity index (χ4v) is 3.25. The zero-order valence-electron chi connectivity index (χ0n) is 15.8. The van der Waals surface area contributed by atoms with E-state index in [9.17, 15) is 4.79 Å². The molecule has 0 unspecified atom stereocenters. The van der Waals surface area contributed by atoms with Crippen LogP contribution in [0, 0.1) is 6.92 Å². The van der Waals surface area contributed by atoms with Crippen molar-refractivity contribution in [2.75, 3.05) is 7.11 Å². The fraction of sp³-hybridized carbons (Fsp3) is 0.182. The molecule has 0 aliphatic carbocycles. The number of ether oxygens (including phenoxy) is 1. The Bertz CT molecular complexity index is 1110. The first kappa shape index (κ1) is 17.9. The number of fused-ring (bicyclic) bond motifs is 1. The molecule has 0 aliphatic heterocycles. The Morgan fingerprint density at radius 3 is 2.82 bits per heavy atom. The van der Waals surface area contributed by atoms with Crippen molar-refractivity contribution in [1.29, 1.82) is 0 Å². The van der Waals surface area contributed by atoms with E-state index in [-0.39, 0.29) is 5.91 Å². The minimum atomic E-state index is -0.157. The van der Waals surface area contributed by atoms with Crippen LogP contribution in [-0.2, 0) is 13.1 Å². The van der Waals surface area contributed by atoms with Gasteiger partial charge in [-0.2, -0.15) is 0 Å². The lowest BCUT2D eigenvalue weighted by atomic mass is 10.2. The molecule has 1 aromatic carbocycles. The molecule has 3 heterocycles. The number of pyridine rings is 1. The van der Waals surface area contributed by atoms with E-state index in [4.69, 9.17) is 9.15 Å². The van der Waals surface area contributed by atoms with Gasteiger partial charge in [-0.25, -0.2) is 0 Å². The Morgan fingerprint density at radius 1 is 1.18 bits per heavy atom. The second kappa shape index (κ2) is 7.60. The monoisotopic (exact) mass is 375 g/mol. The SMILES string of the molecule is COc1cccc(Cn2c(C(=O)NCc3cccnc3)cc3oc(C)cc32)c1. The normalized spacial score (nSPS) is 10.9. The van der Waals surface area contributed by atoms with Crippen molar-refractivity contribution in [1.82, 2.24) is 14.9 Å². The van der Waals surface area contributed by atoms with Gasteiger partial charge in [0.2, 0.25) is 0 Å². The molecule has 4 aromatic rings. The molecule has 1 amide bonds. The summed E-state index contributed by atoms with van der Waals surface area (Å²) in [5.74, 6) is 1.44. The Hall–Kier alpha value is -3.54. The molecule has 0 radical (unpaired) electrons. The van der Waals surface area contributed by atoms with Crippen LogP contribution in [0.25, 0.3) is 11.1 Å². The quantitative estimate of drug-likeness (QED) is 0.554. The summed E-state index contributed by atoms with van der Waals surface area (Å²) >= 11 is 0. The number of nitrogens with zero attached hydrogens (tertiary/aromatic N) is 2. The van der Waals surface area contributed by atoms with Crippen LogP contribution in [0.5, 0.6) is 5.75 Å². The van der Waals surface area contributed by atoms with Crippen LogP contribution in [-0.4, -0.2) is 22.6 Å². The number of rotatable bonds is 6. The van der Waals surface area contributed by atoms with E-state index < -0.39 is 0 Å². The molecule has 0 fully saturated rings. The maximum Gasteiger partial charge on any atom is 0.268 e. The molecule has 0 spiro atoms. The number of carbonyl (C=O) groups is 1. The summed E-state index contributed by atoms with van der Waals surface area (Å²) in [7, 11) is 1.64. The fourth-order valence-electron chi connectivity index (χ4n) is 3.25. The summed E-state index contributed by atoms with van der Waals surface area (Å²) < 4.78 is 13.0. The van der Waals surface area contributed by atoms with Gasteiger partial charge in [-0.3, -0.25) is 9.78 Å². The molecular weight excluding hydrogens is 354 g/mol. The second-order valence-corrected chi connectivity index (χ2v) is 6.62. The number of aromatic nitrogens is 2. The highest BCUT2D eigenvalue weighted by molar-refractivity contribution is 5.97. The molecular formula is C22H21N3O3. The Morgan fingerprint density at radius 2 is 2.04 bits per heavy atom. The van der Waals surface area contributed by atoms with Crippen molar-refractivity contribution < 1.29 is 13.9 Å². The summed E-state index contributed by atoms with van der Waals surface area (Å²) in [5.41, 5.74) is 4.14. The number of carbonyl (C=O) groups excluding carboxylic acids is 1. The first-order chi connectivity index (χ1) is 13.6. The van der Waals surface area contributed by atoms with Gasteiger partial charge in [0, 0.05) is 37.6 Å². The number of hydrogen-bond donors (Lipinski definition) is 1. The zero-order chi connectivity index (χ0) is 19.5. The Balaban J connectivity index is 1.64. The van der Waals surface area contributed by atoms with Gasteiger partial charge in [0.15, 0.2) is 5.58 Å². The third-order valence-electron chi connectivity index (χ3n) is 4.60. The van der Waals surface area contributed by atoms with Gasteiger partial charge in [0.05, 0.1) is 12.6 Å². The average Bonchev–Trinajstić information content (AvgIpc) is 3.24. The van der Waals surface area contributed by atoms with E-state index in [2.05, 4.69) is 10.3 Å². The first-order valence-corrected chi connectivity index (χ1v) is 9.04. The lowest BCUT2D eigenvalue weighted by molar-refractivity contribution is 0.0942. The van der Waals surface area contributed by atoms with Crippen molar-refractivity contribution >= 4 is 17.0 Å². The van der Waals surface area contributed by atoms with Crippen LogP contribution in [0.4, 0.5) is 0 Å². The highest BCUT2D eigenvalue weighted by atomic mass is 16.5. The van der Waals surface area contributed by atoms with Gasteiger partial charge < -0.3 is 19.0 Å². The molecule has 0 bridgehead atoms.